The molecule has 20 heavy (non-hydrogen) atoms. The predicted molar refractivity (Wildman–Crippen MR) is 73.5 cm³/mol. The van der Waals surface area contributed by atoms with Crippen LogP contribution in [0.1, 0.15) is 34.9 Å². The van der Waals surface area contributed by atoms with Crippen LogP contribution in [0.5, 0.6) is 0 Å². The summed E-state index contributed by atoms with van der Waals surface area (Å²) in [5, 5.41) is 0. The number of carbonyl (C=O) groups is 2. The van der Waals surface area contributed by atoms with Crippen LogP contribution in [0.4, 0.5) is 0 Å². The third-order valence-corrected chi connectivity index (χ3v) is 4.24. The molecule has 2 amide bonds. The van der Waals surface area contributed by atoms with Crippen molar-refractivity contribution < 1.29 is 9.59 Å². The summed E-state index contributed by atoms with van der Waals surface area (Å²) in [6.07, 6.45) is 5.39. The van der Waals surface area contributed by atoms with Crippen LogP contribution in [0.3, 0.4) is 0 Å². The number of carbonyl (C=O) groups excluding carboxylic acids is 2. The zero-order valence-electron chi connectivity index (χ0n) is 11.2. The highest BCUT2D eigenvalue weighted by Gasteiger charge is 2.48. The second-order valence-electron chi connectivity index (χ2n) is 5.34. The van der Waals surface area contributed by atoms with E-state index in [1.54, 1.807) is 16.8 Å². The fourth-order valence-electron chi connectivity index (χ4n) is 3.31. The molecule has 0 spiro atoms. The van der Waals surface area contributed by atoms with Gasteiger partial charge in [-0.2, -0.15) is 0 Å². The summed E-state index contributed by atoms with van der Waals surface area (Å²) in [7, 11) is 1.77. The highest BCUT2D eigenvalue weighted by molar-refractivity contribution is 6.07. The molecule has 4 nitrogen and oxygen atoms in total. The van der Waals surface area contributed by atoms with Gasteiger partial charge in [0.25, 0.3) is 11.8 Å². The van der Waals surface area contributed by atoms with Crippen molar-refractivity contribution in [1.82, 2.24) is 9.80 Å². The van der Waals surface area contributed by atoms with E-state index in [-0.39, 0.29) is 18.0 Å². The molecular weight excluding hydrogens is 252 g/mol. The summed E-state index contributed by atoms with van der Waals surface area (Å²) in [5.74, 6) is -0.00861. The van der Waals surface area contributed by atoms with Gasteiger partial charge in [0, 0.05) is 18.2 Å². The number of nitrogens with zero attached hydrogens (tertiary/aromatic N) is 2. The summed E-state index contributed by atoms with van der Waals surface area (Å²) in [5.41, 5.74) is 3.06. The maximum atomic E-state index is 12.7. The molecule has 1 saturated heterocycles. The molecule has 1 aromatic carbocycles. The Hall–Kier alpha value is -2.36. The third kappa shape index (κ3) is 1.26. The van der Waals surface area contributed by atoms with Gasteiger partial charge in [0.2, 0.25) is 0 Å². The molecule has 0 aromatic heterocycles. The maximum Gasteiger partial charge on any atom is 0.260 e. The van der Waals surface area contributed by atoms with E-state index in [0.717, 1.165) is 24.1 Å². The van der Waals surface area contributed by atoms with Crippen molar-refractivity contribution in [1.29, 1.82) is 0 Å². The van der Waals surface area contributed by atoms with Gasteiger partial charge in [-0.05, 0) is 18.9 Å². The number of hydrogen-bond donors (Lipinski definition) is 0. The first-order valence-electron chi connectivity index (χ1n) is 6.80. The lowest BCUT2D eigenvalue weighted by Crippen LogP contribution is -2.47. The summed E-state index contributed by atoms with van der Waals surface area (Å²) in [6, 6.07) is 7.54. The third-order valence-electron chi connectivity index (χ3n) is 4.24. The molecule has 2 heterocycles. The van der Waals surface area contributed by atoms with Gasteiger partial charge in [-0.25, -0.2) is 0 Å². The van der Waals surface area contributed by atoms with E-state index in [2.05, 4.69) is 0 Å². The number of hydrogen-bond acceptors (Lipinski definition) is 2. The molecule has 0 saturated carbocycles. The van der Waals surface area contributed by atoms with Crippen LogP contribution in [0, 0.1) is 0 Å². The zero-order valence-corrected chi connectivity index (χ0v) is 11.2. The Morgan fingerprint density at radius 2 is 1.80 bits per heavy atom. The fourth-order valence-corrected chi connectivity index (χ4v) is 3.31. The molecule has 2 aliphatic heterocycles. The zero-order chi connectivity index (χ0) is 13.9. The van der Waals surface area contributed by atoms with Gasteiger partial charge in [-0.1, -0.05) is 30.4 Å². The number of rotatable bonds is 0. The predicted octanol–water partition coefficient (Wildman–Crippen LogP) is 2.22. The van der Waals surface area contributed by atoms with Crippen LogP contribution in [0.2, 0.25) is 0 Å². The van der Waals surface area contributed by atoms with E-state index in [9.17, 15) is 9.59 Å². The molecule has 1 aromatic rings. The van der Waals surface area contributed by atoms with Gasteiger partial charge >= 0.3 is 0 Å². The van der Waals surface area contributed by atoms with Crippen molar-refractivity contribution in [2.24, 2.45) is 0 Å². The Kier molecular flexibility index (Phi) is 2.19. The lowest BCUT2D eigenvalue weighted by molar-refractivity contribution is -0.132. The van der Waals surface area contributed by atoms with Crippen molar-refractivity contribution in [3.63, 3.8) is 0 Å². The molecule has 1 fully saturated rings. The van der Waals surface area contributed by atoms with E-state index >= 15 is 0 Å². The van der Waals surface area contributed by atoms with Crippen LogP contribution >= 0.6 is 0 Å². The normalized spacial score (nSPS) is 23.9. The van der Waals surface area contributed by atoms with Gasteiger partial charge in [0.05, 0.1) is 11.3 Å². The van der Waals surface area contributed by atoms with Gasteiger partial charge in [-0.15, -0.1) is 0 Å². The van der Waals surface area contributed by atoms with E-state index in [0.29, 0.717) is 11.1 Å². The second kappa shape index (κ2) is 3.82. The molecule has 1 unspecified atom stereocenters. The number of amides is 2. The molecule has 100 valence electrons. The van der Waals surface area contributed by atoms with E-state index in [1.165, 1.54) is 0 Å². The lowest BCUT2D eigenvalue weighted by atomic mass is 9.97. The largest absolute Gasteiger partial charge is 0.317 e. The Morgan fingerprint density at radius 3 is 2.65 bits per heavy atom. The topological polar surface area (TPSA) is 40.6 Å². The van der Waals surface area contributed by atoms with Gasteiger partial charge < -0.3 is 4.90 Å². The highest BCUT2D eigenvalue weighted by Crippen LogP contribution is 2.45. The van der Waals surface area contributed by atoms with Gasteiger partial charge in [0.1, 0.15) is 6.17 Å². The van der Waals surface area contributed by atoms with E-state index in [4.69, 9.17) is 0 Å². The summed E-state index contributed by atoms with van der Waals surface area (Å²) >= 11 is 0. The first-order chi connectivity index (χ1) is 9.70. The maximum absolute atomic E-state index is 12.7. The Morgan fingerprint density at radius 1 is 1.05 bits per heavy atom. The lowest BCUT2D eigenvalue weighted by Gasteiger charge is -2.41. The summed E-state index contributed by atoms with van der Waals surface area (Å²) < 4.78 is 0. The molecule has 1 atom stereocenters. The van der Waals surface area contributed by atoms with E-state index in [1.807, 2.05) is 36.4 Å². The fraction of sp³-hybridized carbons (Fsp3) is 0.250. The molecule has 0 bridgehead atoms. The SMILES string of the molecule is CN1C(=O)C2=CCCC=C2N2C(=O)c3ccccc3C12. The second-order valence-corrected chi connectivity index (χ2v) is 5.34. The van der Waals surface area contributed by atoms with Crippen LogP contribution in [0.25, 0.3) is 0 Å². The molecule has 3 aliphatic rings. The quantitative estimate of drug-likeness (QED) is 0.722. The van der Waals surface area contributed by atoms with Gasteiger partial charge in [-0.3, -0.25) is 14.5 Å². The average Bonchev–Trinajstić information content (AvgIpc) is 2.79. The first kappa shape index (κ1) is 11.5. The number of benzene rings is 1. The Balaban J connectivity index is 1.94. The molecule has 0 N–H and O–H groups in total. The molecule has 1 aliphatic carbocycles. The van der Waals surface area contributed by atoms with Crippen molar-refractivity contribution >= 4 is 11.8 Å². The van der Waals surface area contributed by atoms with Gasteiger partial charge in [0.15, 0.2) is 0 Å². The Bertz CT molecular complexity index is 702. The smallest absolute Gasteiger partial charge is 0.260 e. The minimum absolute atomic E-state index is 0.00158. The highest BCUT2D eigenvalue weighted by atomic mass is 16.2. The van der Waals surface area contributed by atoms with Crippen molar-refractivity contribution in [2.45, 2.75) is 19.0 Å². The van der Waals surface area contributed by atoms with Crippen molar-refractivity contribution in [3.8, 4) is 0 Å². The minimum Gasteiger partial charge on any atom is -0.317 e. The molecule has 4 heteroatoms. The van der Waals surface area contributed by atoms with Crippen LogP contribution in [-0.4, -0.2) is 28.7 Å². The van der Waals surface area contributed by atoms with Crippen LogP contribution < -0.4 is 0 Å². The number of fused-ring (bicyclic) bond motifs is 5. The molecular formula is C16H14N2O2. The monoisotopic (exact) mass is 266 g/mol. The molecule has 0 radical (unpaired) electrons. The van der Waals surface area contributed by atoms with E-state index < -0.39 is 0 Å². The number of likely N-dealkylation sites (N-methyl/N-ethyl adjacent to an activating group) is 1. The van der Waals surface area contributed by atoms with Crippen LogP contribution in [-0.2, 0) is 4.79 Å². The Labute approximate surface area is 117 Å². The standard InChI is InChI=1S/C16H14N2O2/c1-17-14-10-6-2-3-7-11(10)16(20)18(14)13-9-5-4-8-12(13)15(17)19/h2-3,6-9,14H,4-5H2,1H3. The minimum atomic E-state index is -0.298. The summed E-state index contributed by atoms with van der Waals surface area (Å²) in [4.78, 5) is 28.6. The molecule has 4 rings (SSSR count). The summed E-state index contributed by atoms with van der Waals surface area (Å²) in [6.45, 7) is 0. The van der Waals surface area contributed by atoms with Crippen molar-refractivity contribution in [3.05, 3.63) is 58.8 Å². The van der Waals surface area contributed by atoms with Crippen molar-refractivity contribution in [2.75, 3.05) is 7.05 Å². The first-order valence-corrected chi connectivity index (χ1v) is 6.80. The number of allylic oxidation sites excluding steroid dienone is 2. The van der Waals surface area contributed by atoms with Crippen LogP contribution in [0.15, 0.2) is 47.7 Å². The average molecular weight is 266 g/mol.